The minimum Gasteiger partial charge on any atom is -0.488 e. The lowest BCUT2D eigenvalue weighted by molar-refractivity contribution is -0.122. The highest BCUT2D eigenvalue weighted by Crippen LogP contribution is 2.31. The quantitative estimate of drug-likeness (QED) is 0.199. The van der Waals surface area contributed by atoms with Gasteiger partial charge in [0.15, 0.2) is 0 Å². The molecule has 1 N–H and O–H groups in total. The first-order chi connectivity index (χ1) is 18.2. The van der Waals surface area contributed by atoms with Crippen LogP contribution in [0.4, 0.5) is 10.5 Å². The van der Waals surface area contributed by atoms with Crippen LogP contribution < -0.4 is 15.0 Å². The summed E-state index contributed by atoms with van der Waals surface area (Å²) < 4.78 is 6.79. The molecule has 4 aromatic rings. The average Bonchev–Trinajstić information content (AvgIpc) is 2.89. The van der Waals surface area contributed by atoms with E-state index in [1.807, 2.05) is 12.1 Å². The van der Waals surface area contributed by atoms with E-state index < -0.39 is 17.8 Å². The van der Waals surface area contributed by atoms with Crippen molar-refractivity contribution in [3.05, 3.63) is 110 Å². The molecule has 8 heteroatoms. The number of urea groups is 1. The van der Waals surface area contributed by atoms with E-state index in [-0.39, 0.29) is 5.57 Å². The predicted molar refractivity (Wildman–Crippen MR) is 152 cm³/mol. The van der Waals surface area contributed by atoms with Crippen molar-refractivity contribution in [1.29, 1.82) is 0 Å². The van der Waals surface area contributed by atoms with Crippen LogP contribution in [0.3, 0.4) is 0 Å². The number of rotatable bonds is 5. The Balaban J connectivity index is 1.41. The van der Waals surface area contributed by atoms with Crippen LogP contribution in [0.15, 0.2) is 82.8 Å². The Bertz CT molecular complexity index is 1660. The topological polar surface area (TPSA) is 75.7 Å². The van der Waals surface area contributed by atoms with E-state index in [0.717, 1.165) is 26.8 Å². The zero-order valence-electron chi connectivity index (χ0n) is 20.5. The van der Waals surface area contributed by atoms with Crippen LogP contribution in [0.2, 0.25) is 5.02 Å². The van der Waals surface area contributed by atoms with E-state index in [1.54, 1.807) is 37.3 Å². The Morgan fingerprint density at radius 3 is 2.50 bits per heavy atom. The molecule has 0 spiro atoms. The number of nitrogens with zero attached hydrogens (tertiary/aromatic N) is 1. The van der Waals surface area contributed by atoms with E-state index in [9.17, 15) is 14.4 Å². The number of nitrogens with one attached hydrogen (secondary N) is 1. The van der Waals surface area contributed by atoms with Gasteiger partial charge in [-0.2, -0.15) is 0 Å². The van der Waals surface area contributed by atoms with Gasteiger partial charge in [-0.3, -0.25) is 14.9 Å². The summed E-state index contributed by atoms with van der Waals surface area (Å²) >= 11 is 9.63. The molecule has 0 atom stereocenters. The molecule has 1 aliphatic rings. The Kier molecular flexibility index (Phi) is 7.06. The molecule has 4 amide bonds. The number of imide groups is 2. The highest BCUT2D eigenvalue weighted by molar-refractivity contribution is 9.10. The number of aryl methyl sites for hydroxylation is 2. The summed E-state index contributed by atoms with van der Waals surface area (Å²) in [6, 6.07) is 21.7. The average molecular weight is 590 g/mol. The van der Waals surface area contributed by atoms with Crippen molar-refractivity contribution in [2.45, 2.75) is 20.5 Å². The van der Waals surface area contributed by atoms with Gasteiger partial charge in [0, 0.05) is 10.6 Å². The molecule has 1 fully saturated rings. The molecule has 0 aromatic heterocycles. The standard InChI is InChI=1S/C30H22BrClN2O4/c1-17-7-10-20-5-3-4-6-22(20)24(17)16-38-27-12-9-19(14-25(27)31)13-23-28(35)33-30(37)34(29(23)36)26-15-21(32)11-8-18(26)2/h3-15H,16H2,1-2H3,(H,33,35,37)/b23-13+. The molecule has 1 heterocycles. The molecule has 5 rings (SSSR count). The fourth-order valence-corrected chi connectivity index (χ4v) is 5.05. The van der Waals surface area contributed by atoms with Crippen LogP contribution in [0.5, 0.6) is 5.75 Å². The van der Waals surface area contributed by atoms with Gasteiger partial charge in [0.25, 0.3) is 11.8 Å². The van der Waals surface area contributed by atoms with Crippen LogP contribution in [-0.2, 0) is 16.2 Å². The SMILES string of the molecule is Cc1ccc(Cl)cc1N1C(=O)NC(=O)/C(=C\c2ccc(OCc3c(C)ccc4ccccc34)c(Br)c2)C1=O. The van der Waals surface area contributed by atoms with Crippen LogP contribution >= 0.6 is 27.5 Å². The molecule has 0 bridgehead atoms. The van der Waals surface area contributed by atoms with E-state index >= 15 is 0 Å². The van der Waals surface area contributed by atoms with Gasteiger partial charge >= 0.3 is 6.03 Å². The number of hydrogen-bond acceptors (Lipinski definition) is 4. The number of benzene rings is 4. The summed E-state index contributed by atoms with van der Waals surface area (Å²) in [4.78, 5) is 39.3. The summed E-state index contributed by atoms with van der Waals surface area (Å²) in [7, 11) is 0. The maximum Gasteiger partial charge on any atom is 0.335 e. The van der Waals surface area contributed by atoms with Crippen LogP contribution in [0.25, 0.3) is 16.8 Å². The minimum absolute atomic E-state index is 0.170. The zero-order valence-corrected chi connectivity index (χ0v) is 22.9. The number of hydrogen-bond donors (Lipinski definition) is 1. The number of carbonyl (C=O) groups is 3. The maximum atomic E-state index is 13.3. The van der Waals surface area contributed by atoms with Crippen molar-refractivity contribution in [3.63, 3.8) is 0 Å². The molecule has 38 heavy (non-hydrogen) atoms. The molecule has 4 aromatic carbocycles. The van der Waals surface area contributed by atoms with Gasteiger partial charge in [0.1, 0.15) is 17.9 Å². The summed E-state index contributed by atoms with van der Waals surface area (Å²) in [5, 5.41) is 4.89. The largest absolute Gasteiger partial charge is 0.488 e. The molecule has 0 saturated carbocycles. The maximum absolute atomic E-state index is 13.3. The Labute approximate surface area is 233 Å². The van der Waals surface area contributed by atoms with Crippen LogP contribution in [0, 0.1) is 13.8 Å². The first-order valence-corrected chi connectivity index (χ1v) is 13.0. The van der Waals surface area contributed by atoms with Gasteiger partial charge in [0.05, 0.1) is 10.2 Å². The highest BCUT2D eigenvalue weighted by atomic mass is 79.9. The van der Waals surface area contributed by atoms with Crippen LogP contribution in [0.1, 0.15) is 22.3 Å². The summed E-state index contributed by atoms with van der Waals surface area (Å²) in [6.07, 6.45) is 1.44. The van der Waals surface area contributed by atoms with Crippen molar-refractivity contribution in [1.82, 2.24) is 5.32 Å². The first kappa shape index (κ1) is 25.7. The number of anilines is 1. The number of amides is 4. The second-order valence-corrected chi connectivity index (χ2v) is 10.2. The molecule has 6 nitrogen and oxygen atoms in total. The zero-order chi connectivity index (χ0) is 27.0. The van der Waals surface area contributed by atoms with Crippen molar-refractivity contribution in [2.75, 3.05) is 4.90 Å². The van der Waals surface area contributed by atoms with Crippen molar-refractivity contribution < 1.29 is 19.1 Å². The Hall–Kier alpha value is -3.94. The number of ether oxygens (including phenoxy) is 1. The fourth-order valence-electron chi connectivity index (χ4n) is 4.38. The molecule has 0 aliphatic carbocycles. The molecular formula is C30H22BrClN2O4. The number of fused-ring (bicyclic) bond motifs is 1. The summed E-state index contributed by atoms with van der Waals surface area (Å²) in [5.41, 5.74) is 3.63. The lowest BCUT2D eigenvalue weighted by Gasteiger charge is -2.27. The normalized spacial score (nSPS) is 14.8. The minimum atomic E-state index is -0.823. The molecule has 0 radical (unpaired) electrons. The number of carbonyl (C=O) groups excluding carboxylic acids is 3. The third kappa shape index (κ3) is 4.95. The fraction of sp³-hybridized carbons (Fsp3) is 0.100. The van der Waals surface area contributed by atoms with E-state index in [1.165, 1.54) is 12.1 Å². The van der Waals surface area contributed by atoms with E-state index in [2.05, 4.69) is 52.4 Å². The Morgan fingerprint density at radius 1 is 0.947 bits per heavy atom. The van der Waals surface area contributed by atoms with Crippen molar-refractivity contribution in [2.24, 2.45) is 0 Å². The molecule has 1 aliphatic heterocycles. The first-order valence-electron chi connectivity index (χ1n) is 11.8. The summed E-state index contributed by atoms with van der Waals surface area (Å²) in [6.45, 7) is 4.19. The van der Waals surface area contributed by atoms with Gasteiger partial charge in [-0.25, -0.2) is 9.69 Å². The third-order valence-corrected chi connectivity index (χ3v) is 7.28. The molecule has 1 saturated heterocycles. The molecular weight excluding hydrogens is 568 g/mol. The van der Waals surface area contributed by atoms with Gasteiger partial charge in [-0.1, -0.05) is 60.1 Å². The predicted octanol–water partition coefficient (Wildman–Crippen LogP) is 7.12. The van der Waals surface area contributed by atoms with E-state index in [0.29, 0.717) is 38.7 Å². The van der Waals surface area contributed by atoms with Gasteiger partial charge in [0.2, 0.25) is 0 Å². The van der Waals surface area contributed by atoms with Gasteiger partial charge in [-0.05, 0) is 87.6 Å². The molecule has 0 unspecified atom stereocenters. The van der Waals surface area contributed by atoms with Crippen molar-refractivity contribution in [3.8, 4) is 5.75 Å². The number of barbiturate groups is 1. The highest BCUT2D eigenvalue weighted by Gasteiger charge is 2.37. The summed E-state index contributed by atoms with van der Waals surface area (Å²) in [5.74, 6) is -0.879. The number of halogens is 2. The lowest BCUT2D eigenvalue weighted by atomic mass is 10.0. The second kappa shape index (κ2) is 10.4. The molecule has 190 valence electrons. The lowest BCUT2D eigenvalue weighted by Crippen LogP contribution is -2.54. The van der Waals surface area contributed by atoms with Gasteiger partial charge < -0.3 is 4.74 Å². The van der Waals surface area contributed by atoms with Crippen LogP contribution in [-0.4, -0.2) is 17.8 Å². The smallest absolute Gasteiger partial charge is 0.335 e. The van der Waals surface area contributed by atoms with Gasteiger partial charge in [-0.15, -0.1) is 0 Å². The third-order valence-electron chi connectivity index (χ3n) is 6.43. The van der Waals surface area contributed by atoms with E-state index in [4.69, 9.17) is 16.3 Å². The monoisotopic (exact) mass is 588 g/mol. The second-order valence-electron chi connectivity index (χ2n) is 8.95. The Morgan fingerprint density at radius 2 is 1.71 bits per heavy atom. The van der Waals surface area contributed by atoms with Crippen molar-refractivity contribution >= 4 is 67.9 Å².